The van der Waals surface area contributed by atoms with Crippen molar-refractivity contribution in [3.05, 3.63) is 75.9 Å². The largest absolute Gasteiger partial charge is 0.350 e. The number of hydrogen-bond acceptors (Lipinski definition) is 7. The van der Waals surface area contributed by atoms with Gasteiger partial charge in [-0.05, 0) is 30.3 Å². The number of hydrogen-bond donors (Lipinski definition) is 2. The summed E-state index contributed by atoms with van der Waals surface area (Å²) in [5.41, 5.74) is 0.321. The summed E-state index contributed by atoms with van der Waals surface area (Å²) in [5.74, 6) is -2.11. The van der Waals surface area contributed by atoms with Gasteiger partial charge in [-0.1, -0.05) is 46.6 Å². The van der Waals surface area contributed by atoms with Crippen LogP contribution >= 0.6 is 23.2 Å². The zero-order chi connectivity index (χ0) is 22.4. The fourth-order valence-electron chi connectivity index (χ4n) is 2.45. The lowest BCUT2D eigenvalue weighted by atomic mass is 10.2. The van der Waals surface area contributed by atoms with E-state index in [4.69, 9.17) is 27.7 Å². The predicted octanol–water partition coefficient (Wildman–Crippen LogP) is 2.51. The van der Waals surface area contributed by atoms with Crippen molar-refractivity contribution in [2.45, 2.75) is 10.6 Å². The van der Waals surface area contributed by atoms with E-state index in [1.165, 1.54) is 30.3 Å². The third-order valence-electron chi connectivity index (χ3n) is 3.96. The van der Waals surface area contributed by atoms with E-state index < -0.39 is 21.5 Å². The first-order chi connectivity index (χ1) is 14.8. The van der Waals surface area contributed by atoms with Crippen LogP contribution in [0.25, 0.3) is 0 Å². The Hall–Kier alpha value is -2.95. The molecule has 0 aliphatic carbocycles. The standard InChI is InChI=1S/C19H16Cl2N4O5S/c20-14-7-6-12(10-15(14)21)17(26)22-8-9-23-18(27)19-24-16(25-30-19)11-31(28,29)13-4-2-1-3-5-13/h1-7,10H,8-9,11H2,(H,22,26)(H,23,27). The maximum atomic E-state index is 12.3. The molecule has 2 aromatic carbocycles. The normalized spacial score (nSPS) is 11.2. The number of nitrogens with zero attached hydrogens (tertiary/aromatic N) is 2. The monoisotopic (exact) mass is 482 g/mol. The van der Waals surface area contributed by atoms with Crippen molar-refractivity contribution in [2.75, 3.05) is 13.1 Å². The summed E-state index contributed by atoms with van der Waals surface area (Å²) in [7, 11) is -3.67. The number of sulfone groups is 1. The lowest BCUT2D eigenvalue weighted by molar-refractivity contribution is 0.0898. The zero-order valence-corrected chi connectivity index (χ0v) is 18.2. The van der Waals surface area contributed by atoms with Crippen LogP contribution in [0.1, 0.15) is 26.9 Å². The van der Waals surface area contributed by atoms with Crippen LogP contribution in [-0.2, 0) is 15.6 Å². The lowest BCUT2D eigenvalue weighted by Crippen LogP contribution is -2.34. The van der Waals surface area contributed by atoms with Crippen LogP contribution in [0.15, 0.2) is 57.9 Å². The van der Waals surface area contributed by atoms with Crippen molar-refractivity contribution in [1.29, 1.82) is 0 Å². The van der Waals surface area contributed by atoms with E-state index in [-0.39, 0.29) is 40.6 Å². The molecule has 2 amide bonds. The molecule has 3 rings (SSSR count). The maximum Gasteiger partial charge on any atom is 0.315 e. The van der Waals surface area contributed by atoms with Gasteiger partial charge in [0.05, 0.1) is 14.9 Å². The molecule has 0 aliphatic heterocycles. The number of amides is 2. The second kappa shape index (κ2) is 9.90. The van der Waals surface area contributed by atoms with Gasteiger partial charge in [-0.15, -0.1) is 0 Å². The SMILES string of the molecule is O=C(NCCNC(=O)c1nc(CS(=O)(=O)c2ccccc2)no1)c1ccc(Cl)c(Cl)c1. The summed E-state index contributed by atoms with van der Waals surface area (Å²) in [6.45, 7) is 0.195. The molecule has 0 aliphatic rings. The Balaban J connectivity index is 1.49. The number of nitrogens with one attached hydrogen (secondary N) is 2. The first-order valence-electron chi connectivity index (χ1n) is 8.88. The van der Waals surface area contributed by atoms with Crippen LogP contribution in [0.4, 0.5) is 0 Å². The molecule has 31 heavy (non-hydrogen) atoms. The highest BCUT2D eigenvalue weighted by molar-refractivity contribution is 7.90. The number of aromatic nitrogens is 2. The van der Waals surface area contributed by atoms with Gasteiger partial charge < -0.3 is 15.2 Å². The molecular formula is C19H16Cl2N4O5S. The topological polar surface area (TPSA) is 131 Å². The zero-order valence-electron chi connectivity index (χ0n) is 15.8. The van der Waals surface area contributed by atoms with Gasteiger partial charge in [-0.3, -0.25) is 9.59 Å². The average Bonchev–Trinajstić information content (AvgIpc) is 3.21. The van der Waals surface area contributed by atoms with Gasteiger partial charge in [-0.2, -0.15) is 4.98 Å². The molecule has 0 saturated heterocycles. The summed E-state index contributed by atoms with van der Waals surface area (Å²) in [5, 5.41) is 9.22. The molecule has 0 bridgehead atoms. The van der Waals surface area contributed by atoms with Gasteiger partial charge in [0.2, 0.25) is 0 Å². The Kier molecular flexibility index (Phi) is 7.26. The minimum Gasteiger partial charge on any atom is -0.350 e. The van der Waals surface area contributed by atoms with E-state index in [1.54, 1.807) is 18.2 Å². The molecular weight excluding hydrogens is 467 g/mol. The van der Waals surface area contributed by atoms with Gasteiger partial charge in [0.25, 0.3) is 5.91 Å². The van der Waals surface area contributed by atoms with Gasteiger partial charge in [0, 0.05) is 18.7 Å². The van der Waals surface area contributed by atoms with Crippen molar-refractivity contribution >= 4 is 44.9 Å². The average molecular weight is 483 g/mol. The molecule has 0 unspecified atom stereocenters. The van der Waals surface area contributed by atoms with Crippen molar-refractivity contribution in [3.63, 3.8) is 0 Å². The molecule has 9 nitrogen and oxygen atoms in total. The third-order valence-corrected chi connectivity index (χ3v) is 6.33. The smallest absolute Gasteiger partial charge is 0.315 e. The first-order valence-corrected chi connectivity index (χ1v) is 11.3. The van der Waals surface area contributed by atoms with E-state index in [0.29, 0.717) is 10.6 Å². The molecule has 0 fully saturated rings. The highest BCUT2D eigenvalue weighted by atomic mass is 35.5. The summed E-state index contributed by atoms with van der Waals surface area (Å²) >= 11 is 11.7. The number of carbonyl (C=O) groups is 2. The Labute approximate surface area is 187 Å². The Morgan fingerprint density at radius 1 is 0.935 bits per heavy atom. The van der Waals surface area contributed by atoms with Gasteiger partial charge in [0.1, 0.15) is 5.75 Å². The van der Waals surface area contributed by atoms with Crippen LogP contribution in [0, 0.1) is 0 Å². The summed E-state index contributed by atoms with van der Waals surface area (Å²) < 4.78 is 29.5. The predicted molar refractivity (Wildman–Crippen MR) is 113 cm³/mol. The van der Waals surface area contributed by atoms with Crippen molar-refractivity contribution < 1.29 is 22.5 Å². The molecule has 1 aromatic heterocycles. The van der Waals surface area contributed by atoms with Crippen LogP contribution in [-0.4, -0.2) is 43.5 Å². The Morgan fingerprint density at radius 2 is 1.61 bits per heavy atom. The van der Waals surface area contributed by atoms with E-state index in [1.807, 2.05) is 0 Å². The molecule has 2 N–H and O–H groups in total. The Morgan fingerprint density at radius 3 is 2.29 bits per heavy atom. The highest BCUT2D eigenvalue weighted by Crippen LogP contribution is 2.22. The summed E-state index contributed by atoms with van der Waals surface area (Å²) in [6.07, 6.45) is 0. The molecule has 12 heteroatoms. The molecule has 0 spiro atoms. The second-order valence-electron chi connectivity index (χ2n) is 6.23. The fourth-order valence-corrected chi connectivity index (χ4v) is 3.95. The molecule has 3 aromatic rings. The van der Waals surface area contributed by atoms with Crippen LogP contribution in [0.5, 0.6) is 0 Å². The van der Waals surface area contributed by atoms with E-state index in [2.05, 4.69) is 20.8 Å². The number of rotatable bonds is 8. The van der Waals surface area contributed by atoms with E-state index in [9.17, 15) is 18.0 Å². The molecule has 0 saturated carbocycles. The molecule has 1 heterocycles. The first kappa shape index (κ1) is 22.7. The molecule has 0 radical (unpaired) electrons. The molecule has 0 atom stereocenters. The fraction of sp³-hybridized carbons (Fsp3) is 0.158. The number of halogens is 2. The third kappa shape index (κ3) is 6.03. The van der Waals surface area contributed by atoms with Gasteiger partial charge >= 0.3 is 11.8 Å². The maximum absolute atomic E-state index is 12.3. The van der Waals surface area contributed by atoms with Crippen LogP contribution in [0.2, 0.25) is 10.0 Å². The minimum atomic E-state index is -3.67. The summed E-state index contributed by atoms with van der Waals surface area (Å²) in [6, 6.07) is 12.3. The van der Waals surface area contributed by atoms with E-state index >= 15 is 0 Å². The van der Waals surface area contributed by atoms with Crippen LogP contribution in [0.3, 0.4) is 0 Å². The van der Waals surface area contributed by atoms with Crippen molar-refractivity contribution in [1.82, 2.24) is 20.8 Å². The van der Waals surface area contributed by atoms with E-state index in [0.717, 1.165) is 0 Å². The summed E-state index contributed by atoms with van der Waals surface area (Å²) in [4.78, 5) is 28.1. The Bertz CT molecular complexity index is 1200. The molecule has 162 valence electrons. The number of benzene rings is 2. The van der Waals surface area contributed by atoms with Gasteiger partial charge in [0.15, 0.2) is 15.7 Å². The van der Waals surface area contributed by atoms with Gasteiger partial charge in [-0.25, -0.2) is 8.42 Å². The second-order valence-corrected chi connectivity index (χ2v) is 9.03. The quantitative estimate of drug-likeness (QED) is 0.471. The lowest BCUT2D eigenvalue weighted by Gasteiger charge is -2.06. The van der Waals surface area contributed by atoms with Crippen LogP contribution < -0.4 is 10.6 Å². The van der Waals surface area contributed by atoms with Crippen molar-refractivity contribution in [3.8, 4) is 0 Å². The number of carbonyl (C=O) groups excluding carboxylic acids is 2. The highest BCUT2D eigenvalue weighted by Gasteiger charge is 2.21. The minimum absolute atomic E-state index is 0.0753. The van der Waals surface area contributed by atoms with Crippen molar-refractivity contribution in [2.24, 2.45) is 0 Å².